The van der Waals surface area contributed by atoms with Gasteiger partial charge in [0.15, 0.2) is 22.9 Å². The summed E-state index contributed by atoms with van der Waals surface area (Å²) in [4.78, 5) is 47.9. The van der Waals surface area contributed by atoms with Crippen LogP contribution in [0.2, 0.25) is 0 Å². The number of aromatic nitrogens is 7. The first-order valence-corrected chi connectivity index (χ1v) is 13.9. The van der Waals surface area contributed by atoms with Crippen molar-refractivity contribution in [1.29, 1.82) is 0 Å². The first-order valence-electron chi connectivity index (χ1n) is 13.1. The van der Waals surface area contributed by atoms with E-state index in [9.17, 15) is 9.59 Å². The molecule has 0 unspecified atom stereocenters. The summed E-state index contributed by atoms with van der Waals surface area (Å²) >= 11 is 1.43. The number of thiophene rings is 1. The van der Waals surface area contributed by atoms with E-state index >= 15 is 0 Å². The molecule has 6 aromatic heterocycles. The van der Waals surface area contributed by atoms with E-state index < -0.39 is 0 Å². The van der Waals surface area contributed by atoms with Crippen molar-refractivity contribution >= 4 is 50.9 Å². The normalized spacial score (nSPS) is 13.8. The smallest absolute Gasteiger partial charge is 0.227 e. The van der Waals surface area contributed by atoms with Crippen molar-refractivity contribution in [2.24, 2.45) is 5.92 Å². The Morgan fingerprint density at radius 1 is 1.02 bits per heavy atom. The standard InChI is InChI=1S/C29H24N8O2S/c1-15(38)22-8-9-23(40-22)19-10-11-31-27-24(19)34-28(35-27)26-25-21(36-37-26)7-6-20(33-25)17-12-18(14-30-13-17)32-29(39)16-4-2-3-5-16/h6-14,16H,2-5H2,1H3,(H,32,39)(H,36,37)(H,31,34,35). The number of nitrogens with zero attached hydrogens (tertiary/aromatic N) is 5. The molecule has 3 N–H and O–H groups in total. The predicted octanol–water partition coefficient (Wildman–Crippen LogP) is 6.02. The Hall–Kier alpha value is -4.77. The lowest BCUT2D eigenvalue weighted by Gasteiger charge is -2.11. The molecule has 0 radical (unpaired) electrons. The summed E-state index contributed by atoms with van der Waals surface area (Å²) in [6.45, 7) is 1.56. The fraction of sp³-hybridized carbons (Fsp3) is 0.207. The maximum absolute atomic E-state index is 12.6. The summed E-state index contributed by atoms with van der Waals surface area (Å²) in [7, 11) is 0. The SMILES string of the molecule is CC(=O)c1ccc(-c2ccnc3[nH]c(-c4n[nH]c5ccc(-c6cncc(NC(=O)C7CCCC7)c6)nc45)nc23)s1. The molecule has 6 heterocycles. The Labute approximate surface area is 232 Å². The maximum Gasteiger partial charge on any atom is 0.227 e. The van der Waals surface area contributed by atoms with Crippen molar-refractivity contribution in [3.8, 4) is 33.2 Å². The highest BCUT2D eigenvalue weighted by Gasteiger charge is 2.23. The molecule has 0 spiro atoms. The molecule has 1 aliphatic rings. The minimum absolute atomic E-state index is 0.0334. The Kier molecular flexibility index (Phi) is 5.93. The molecule has 0 aliphatic heterocycles. The highest BCUT2D eigenvalue weighted by atomic mass is 32.1. The molecule has 0 bridgehead atoms. The minimum Gasteiger partial charge on any atom is -0.324 e. The van der Waals surface area contributed by atoms with E-state index in [2.05, 4.69) is 30.5 Å². The second kappa shape index (κ2) is 9.76. The Morgan fingerprint density at radius 3 is 2.73 bits per heavy atom. The number of H-pyrrole nitrogens is 2. The van der Waals surface area contributed by atoms with E-state index in [-0.39, 0.29) is 17.6 Å². The zero-order valence-corrected chi connectivity index (χ0v) is 22.4. The number of anilines is 1. The summed E-state index contributed by atoms with van der Waals surface area (Å²) in [5.41, 5.74) is 6.31. The number of carbonyl (C=O) groups is 2. The van der Waals surface area contributed by atoms with Crippen LogP contribution in [-0.2, 0) is 4.79 Å². The van der Waals surface area contributed by atoms with E-state index in [1.807, 2.05) is 36.4 Å². The van der Waals surface area contributed by atoms with Crippen LogP contribution in [0.3, 0.4) is 0 Å². The van der Waals surface area contributed by atoms with Crippen LogP contribution in [0.15, 0.2) is 55.0 Å². The number of pyridine rings is 3. The molecule has 198 valence electrons. The summed E-state index contributed by atoms with van der Waals surface area (Å²) in [5.74, 6) is 0.687. The Morgan fingerprint density at radius 2 is 1.90 bits per heavy atom. The molecule has 1 saturated carbocycles. The number of aromatic amines is 2. The number of rotatable bonds is 6. The van der Waals surface area contributed by atoms with E-state index in [1.54, 1.807) is 25.5 Å². The number of carbonyl (C=O) groups excluding carboxylic acids is 2. The lowest BCUT2D eigenvalue weighted by molar-refractivity contribution is -0.119. The molecule has 6 aromatic rings. The van der Waals surface area contributed by atoms with Crippen LogP contribution in [0.5, 0.6) is 0 Å². The van der Waals surface area contributed by atoms with Gasteiger partial charge in [-0.05, 0) is 56.2 Å². The molecule has 1 fully saturated rings. The van der Waals surface area contributed by atoms with Gasteiger partial charge in [-0.15, -0.1) is 11.3 Å². The van der Waals surface area contributed by atoms with Gasteiger partial charge in [0.05, 0.1) is 28.0 Å². The van der Waals surface area contributed by atoms with Gasteiger partial charge >= 0.3 is 0 Å². The third kappa shape index (κ3) is 4.34. The fourth-order valence-corrected chi connectivity index (χ4v) is 6.13. The van der Waals surface area contributed by atoms with Gasteiger partial charge in [0.2, 0.25) is 5.91 Å². The topological polar surface area (TPSA) is 142 Å². The van der Waals surface area contributed by atoms with Gasteiger partial charge in [-0.25, -0.2) is 15.0 Å². The van der Waals surface area contributed by atoms with Crippen LogP contribution in [-0.4, -0.2) is 46.8 Å². The second-order valence-corrected chi connectivity index (χ2v) is 11.0. The van der Waals surface area contributed by atoms with E-state index in [0.717, 1.165) is 47.2 Å². The van der Waals surface area contributed by atoms with Crippen molar-refractivity contribution in [2.75, 3.05) is 5.32 Å². The van der Waals surface area contributed by atoms with Gasteiger partial charge < -0.3 is 10.3 Å². The average Bonchev–Trinajstić information content (AvgIpc) is 3.78. The van der Waals surface area contributed by atoms with E-state index in [4.69, 9.17) is 9.97 Å². The monoisotopic (exact) mass is 548 g/mol. The van der Waals surface area contributed by atoms with Crippen LogP contribution in [0.25, 0.3) is 55.4 Å². The molecular formula is C29H24N8O2S. The van der Waals surface area contributed by atoms with Crippen LogP contribution in [0, 0.1) is 5.92 Å². The molecule has 10 nitrogen and oxygen atoms in total. The van der Waals surface area contributed by atoms with Gasteiger partial charge in [0.25, 0.3) is 0 Å². The molecular weight excluding hydrogens is 524 g/mol. The van der Waals surface area contributed by atoms with Crippen LogP contribution < -0.4 is 5.32 Å². The zero-order valence-electron chi connectivity index (χ0n) is 21.6. The average molecular weight is 549 g/mol. The number of imidazole rings is 1. The molecule has 0 aromatic carbocycles. The van der Waals surface area contributed by atoms with Gasteiger partial charge in [-0.2, -0.15) is 5.10 Å². The number of amides is 1. The van der Waals surface area contributed by atoms with Gasteiger partial charge in [-0.3, -0.25) is 19.7 Å². The lowest BCUT2D eigenvalue weighted by atomic mass is 10.1. The predicted molar refractivity (Wildman–Crippen MR) is 154 cm³/mol. The van der Waals surface area contributed by atoms with Gasteiger partial charge in [-0.1, -0.05) is 12.8 Å². The second-order valence-electron chi connectivity index (χ2n) is 9.96. The molecule has 0 atom stereocenters. The van der Waals surface area contributed by atoms with Crippen molar-refractivity contribution in [3.05, 3.63) is 59.9 Å². The first kappa shape index (κ1) is 24.3. The van der Waals surface area contributed by atoms with Crippen molar-refractivity contribution in [3.63, 3.8) is 0 Å². The number of fused-ring (bicyclic) bond motifs is 2. The largest absolute Gasteiger partial charge is 0.324 e. The maximum atomic E-state index is 12.6. The molecule has 0 saturated heterocycles. The number of hydrogen-bond acceptors (Lipinski definition) is 8. The molecule has 40 heavy (non-hydrogen) atoms. The van der Waals surface area contributed by atoms with Crippen molar-refractivity contribution < 1.29 is 9.59 Å². The summed E-state index contributed by atoms with van der Waals surface area (Å²) in [5, 5.41) is 10.6. The van der Waals surface area contributed by atoms with Crippen molar-refractivity contribution in [2.45, 2.75) is 32.6 Å². The highest BCUT2D eigenvalue weighted by Crippen LogP contribution is 2.34. The quantitative estimate of drug-likeness (QED) is 0.216. The van der Waals surface area contributed by atoms with Gasteiger partial charge in [0.1, 0.15) is 11.0 Å². The summed E-state index contributed by atoms with van der Waals surface area (Å²) < 4.78 is 0. The number of hydrogen-bond donors (Lipinski definition) is 3. The van der Waals surface area contributed by atoms with Gasteiger partial charge in [0, 0.05) is 34.3 Å². The van der Waals surface area contributed by atoms with Crippen molar-refractivity contribution in [1.82, 2.24) is 35.1 Å². The molecule has 1 aliphatic carbocycles. The lowest BCUT2D eigenvalue weighted by Crippen LogP contribution is -2.20. The number of nitrogens with one attached hydrogen (secondary N) is 3. The summed E-state index contributed by atoms with van der Waals surface area (Å²) in [6, 6.07) is 11.4. The Bertz CT molecular complexity index is 1910. The minimum atomic E-state index is 0.0334. The molecule has 7 rings (SSSR count). The molecule has 11 heteroatoms. The van der Waals surface area contributed by atoms with Crippen LogP contribution in [0.1, 0.15) is 42.3 Å². The van der Waals surface area contributed by atoms with Crippen LogP contribution >= 0.6 is 11.3 Å². The van der Waals surface area contributed by atoms with E-state index in [1.165, 1.54) is 11.3 Å². The Balaban J connectivity index is 1.24. The third-order valence-corrected chi connectivity index (χ3v) is 8.48. The highest BCUT2D eigenvalue weighted by molar-refractivity contribution is 7.17. The summed E-state index contributed by atoms with van der Waals surface area (Å²) in [6.07, 6.45) is 9.18. The molecule has 1 amide bonds. The zero-order chi connectivity index (χ0) is 27.2. The van der Waals surface area contributed by atoms with E-state index in [0.29, 0.717) is 44.5 Å². The third-order valence-electron chi connectivity index (χ3n) is 7.26. The first-order chi connectivity index (χ1) is 19.5. The number of ketones is 1. The number of Topliss-reactive ketones (excluding diaryl/α,β-unsaturated/α-hetero) is 1. The van der Waals surface area contributed by atoms with Crippen LogP contribution in [0.4, 0.5) is 5.69 Å². The fourth-order valence-electron chi connectivity index (χ4n) is 5.20.